The highest BCUT2D eigenvalue weighted by Crippen LogP contribution is 2.12. The topological polar surface area (TPSA) is 113 Å². The molecule has 8 nitrogen and oxygen atoms in total. The van der Waals surface area contributed by atoms with Gasteiger partial charge in [-0.25, -0.2) is 14.8 Å². The summed E-state index contributed by atoms with van der Waals surface area (Å²) >= 11 is 5.88. The number of ether oxygens (including phenoxy) is 1. The van der Waals surface area contributed by atoms with Crippen LogP contribution in [0.3, 0.4) is 0 Å². The Kier molecular flexibility index (Phi) is 5.91. The van der Waals surface area contributed by atoms with Gasteiger partial charge in [0.05, 0.1) is 7.11 Å². The molecule has 0 radical (unpaired) electrons. The van der Waals surface area contributed by atoms with E-state index in [2.05, 4.69) is 20.6 Å². The fraction of sp³-hybridized carbons (Fsp3) is 0.200. The first kappa shape index (κ1) is 17.5. The van der Waals surface area contributed by atoms with Crippen LogP contribution in [0.15, 0.2) is 30.5 Å². The molecule has 9 heteroatoms. The molecule has 126 valence electrons. The molecule has 2 aromatic rings. The van der Waals surface area contributed by atoms with Gasteiger partial charge in [0, 0.05) is 25.4 Å². The first-order chi connectivity index (χ1) is 11.5. The van der Waals surface area contributed by atoms with E-state index in [-0.39, 0.29) is 23.9 Å². The minimum absolute atomic E-state index is 0.0272. The van der Waals surface area contributed by atoms with Crippen LogP contribution in [0.4, 0.5) is 4.79 Å². The summed E-state index contributed by atoms with van der Waals surface area (Å²) in [5, 5.41) is 13.6. The van der Waals surface area contributed by atoms with Gasteiger partial charge in [0.2, 0.25) is 5.88 Å². The summed E-state index contributed by atoms with van der Waals surface area (Å²) in [5.74, 6) is 0.0227. The van der Waals surface area contributed by atoms with Crippen molar-refractivity contribution in [2.75, 3.05) is 7.11 Å². The Hall–Kier alpha value is -2.87. The number of carbonyl (C=O) groups excluding carboxylic acids is 1. The molecule has 0 saturated carbocycles. The molecule has 0 aliphatic heterocycles. The van der Waals surface area contributed by atoms with Crippen molar-refractivity contribution >= 4 is 23.6 Å². The van der Waals surface area contributed by atoms with Gasteiger partial charge in [-0.3, -0.25) is 4.79 Å². The summed E-state index contributed by atoms with van der Waals surface area (Å²) in [5.41, 5.74) is 1.45. The lowest BCUT2D eigenvalue weighted by Crippen LogP contribution is -2.25. The van der Waals surface area contributed by atoms with Crippen LogP contribution < -0.4 is 15.4 Å². The Labute approximate surface area is 142 Å². The average molecular weight is 351 g/mol. The van der Waals surface area contributed by atoms with Crippen LogP contribution >= 0.6 is 11.6 Å². The molecule has 2 amide bonds. The third-order valence-electron chi connectivity index (χ3n) is 2.99. The van der Waals surface area contributed by atoms with Crippen LogP contribution in [-0.4, -0.2) is 34.2 Å². The van der Waals surface area contributed by atoms with Crippen molar-refractivity contribution in [3.8, 4) is 5.88 Å². The number of aromatic nitrogens is 2. The van der Waals surface area contributed by atoms with Gasteiger partial charge in [-0.1, -0.05) is 11.6 Å². The van der Waals surface area contributed by atoms with E-state index in [9.17, 15) is 9.59 Å². The molecule has 0 unspecified atom stereocenters. The summed E-state index contributed by atoms with van der Waals surface area (Å²) in [7, 11) is 1.51. The van der Waals surface area contributed by atoms with Gasteiger partial charge in [0.1, 0.15) is 10.8 Å². The maximum Gasteiger partial charge on any atom is 0.404 e. The van der Waals surface area contributed by atoms with E-state index >= 15 is 0 Å². The number of hydrogen-bond acceptors (Lipinski definition) is 5. The number of pyridine rings is 2. The van der Waals surface area contributed by atoms with E-state index in [1.54, 1.807) is 18.3 Å². The van der Waals surface area contributed by atoms with Crippen molar-refractivity contribution in [2.24, 2.45) is 0 Å². The fourth-order valence-electron chi connectivity index (χ4n) is 1.89. The predicted octanol–water partition coefficient (Wildman–Crippen LogP) is 1.84. The Balaban J connectivity index is 2.04. The summed E-state index contributed by atoms with van der Waals surface area (Å²) in [4.78, 5) is 30.7. The van der Waals surface area contributed by atoms with Crippen molar-refractivity contribution in [3.05, 3.63) is 52.4 Å². The Bertz CT molecular complexity index is 754. The van der Waals surface area contributed by atoms with Crippen LogP contribution in [0.2, 0.25) is 5.15 Å². The Morgan fingerprint density at radius 3 is 2.67 bits per heavy atom. The third kappa shape index (κ3) is 5.10. The van der Waals surface area contributed by atoms with Crippen LogP contribution in [0.25, 0.3) is 0 Å². The van der Waals surface area contributed by atoms with Gasteiger partial charge >= 0.3 is 6.09 Å². The monoisotopic (exact) mass is 350 g/mol. The summed E-state index contributed by atoms with van der Waals surface area (Å²) in [6.07, 6.45) is 0.411. The normalized spacial score (nSPS) is 10.1. The lowest BCUT2D eigenvalue weighted by molar-refractivity contribution is 0.0945. The zero-order valence-corrected chi connectivity index (χ0v) is 13.5. The SMILES string of the molecule is COc1cc(CNC(=O)c2cc(CNC(=O)O)cc(Cl)n2)ccn1. The summed E-state index contributed by atoms with van der Waals surface area (Å²) in [6, 6.07) is 6.41. The highest BCUT2D eigenvalue weighted by atomic mass is 35.5. The van der Waals surface area contributed by atoms with Gasteiger partial charge in [0.25, 0.3) is 5.91 Å². The van der Waals surface area contributed by atoms with E-state index in [1.165, 1.54) is 19.2 Å². The molecule has 0 spiro atoms. The molecular formula is C15H15ClN4O4. The molecule has 2 rings (SSSR count). The van der Waals surface area contributed by atoms with Gasteiger partial charge in [0.15, 0.2) is 0 Å². The van der Waals surface area contributed by atoms with E-state index in [0.29, 0.717) is 11.4 Å². The number of carboxylic acid groups (broad SMARTS) is 1. The van der Waals surface area contributed by atoms with Gasteiger partial charge < -0.3 is 20.5 Å². The van der Waals surface area contributed by atoms with Gasteiger partial charge in [-0.05, 0) is 29.3 Å². The first-order valence-electron chi connectivity index (χ1n) is 6.88. The molecule has 0 saturated heterocycles. The molecule has 0 aromatic carbocycles. The number of methoxy groups -OCH3 is 1. The second-order valence-electron chi connectivity index (χ2n) is 4.73. The largest absolute Gasteiger partial charge is 0.481 e. The highest BCUT2D eigenvalue weighted by molar-refractivity contribution is 6.29. The fourth-order valence-corrected chi connectivity index (χ4v) is 2.12. The molecule has 2 heterocycles. The zero-order chi connectivity index (χ0) is 17.5. The summed E-state index contributed by atoms with van der Waals surface area (Å²) in [6.45, 7) is 0.286. The number of nitrogens with zero attached hydrogens (tertiary/aromatic N) is 2. The second-order valence-corrected chi connectivity index (χ2v) is 5.12. The van der Waals surface area contributed by atoms with Crippen molar-refractivity contribution in [2.45, 2.75) is 13.1 Å². The van der Waals surface area contributed by atoms with Crippen LogP contribution in [0.5, 0.6) is 5.88 Å². The second kappa shape index (κ2) is 8.11. The molecule has 0 bridgehead atoms. The maximum atomic E-state index is 12.2. The van der Waals surface area contributed by atoms with Crippen LogP contribution in [0, 0.1) is 0 Å². The average Bonchev–Trinajstić information content (AvgIpc) is 2.57. The van der Waals surface area contributed by atoms with Gasteiger partial charge in [-0.15, -0.1) is 0 Å². The third-order valence-corrected chi connectivity index (χ3v) is 3.19. The molecule has 24 heavy (non-hydrogen) atoms. The van der Waals surface area contributed by atoms with Crippen molar-refractivity contribution in [3.63, 3.8) is 0 Å². The molecule has 0 aliphatic carbocycles. The molecule has 2 aromatic heterocycles. The number of amides is 2. The van der Waals surface area contributed by atoms with Crippen LogP contribution in [0.1, 0.15) is 21.6 Å². The number of nitrogens with one attached hydrogen (secondary N) is 2. The lowest BCUT2D eigenvalue weighted by Gasteiger charge is -2.08. The van der Waals surface area contributed by atoms with Crippen molar-refractivity contribution in [1.29, 1.82) is 0 Å². The van der Waals surface area contributed by atoms with E-state index in [4.69, 9.17) is 21.4 Å². The molecule has 0 fully saturated rings. The number of halogens is 1. The Morgan fingerprint density at radius 2 is 1.96 bits per heavy atom. The van der Waals surface area contributed by atoms with E-state index in [1.807, 2.05) is 0 Å². The van der Waals surface area contributed by atoms with E-state index < -0.39 is 12.0 Å². The zero-order valence-electron chi connectivity index (χ0n) is 12.7. The maximum absolute atomic E-state index is 12.2. The quantitative estimate of drug-likeness (QED) is 0.685. The first-order valence-corrected chi connectivity index (χ1v) is 7.26. The van der Waals surface area contributed by atoms with Gasteiger partial charge in [-0.2, -0.15) is 0 Å². The molecule has 0 atom stereocenters. The molecular weight excluding hydrogens is 336 g/mol. The van der Waals surface area contributed by atoms with E-state index in [0.717, 1.165) is 5.56 Å². The lowest BCUT2D eigenvalue weighted by atomic mass is 10.2. The summed E-state index contributed by atoms with van der Waals surface area (Å²) < 4.78 is 5.02. The number of rotatable bonds is 6. The predicted molar refractivity (Wildman–Crippen MR) is 86.1 cm³/mol. The number of hydrogen-bond donors (Lipinski definition) is 3. The standard InChI is InChI=1S/C15H15ClN4O4/c1-24-13-6-9(2-3-17-13)7-18-14(21)11-4-10(5-12(16)20-11)8-19-15(22)23/h2-6,19H,7-8H2,1H3,(H,18,21)(H,22,23). The minimum Gasteiger partial charge on any atom is -0.481 e. The molecule has 3 N–H and O–H groups in total. The van der Waals surface area contributed by atoms with Crippen molar-refractivity contribution < 1.29 is 19.4 Å². The molecule has 0 aliphatic rings. The number of carbonyl (C=O) groups is 2. The van der Waals surface area contributed by atoms with Crippen LogP contribution in [-0.2, 0) is 13.1 Å². The Morgan fingerprint density at radius 1 is 1.21 bits per heavy atom. The smallest absolute Gasteiger partial charge is 0.404 e. The van der Waals surface area contributed by atoms with Crippen molar-refractivity contribution in [1.82, 2.24) is 20.6 Å². The minimum atomic E-state index is -1.17. The highest BCUT2D eigenvalue weighted by Gasteiger charge is 2.11.